The van der Waals surface area contributed by atoms with Crippen LogP contribution in [-0.2, 0) is 28.2 Å². The normalized spacial score (nSPS) is 21.8. The van der Waals surface area contributed by atoms with Gasteiger partial charge in [-0.3, -0.25) is 14.6 Å². The molecule has 1 saturated heterocycles. The number of carbonyl (C=O) groups is 2. The molecule has 1 fully saturated rings. The van der Waals surface area contributed by atoms with Crippen LogP contribution in [-0.4, -0.2) is 34.4 Å². The number of nitrogens with one attached hydrogen (secondary N) is 1. The number of carbonyl (C=O) groups excluding carboxylic acids is 2. The molecule has 1 N–H and O–H groups in total. The molecule has 0 bridgehead atoms. The van der Waals surface area contributed by atoms with Crippen molar-refractivity contribution in [1.29, 1.82) is 0 Å². The van der Waals surface area contributed by atoms with Crippen molar-refractivity contribution in [2.45, 2.75) is 31.2 Å². The van der Waals surface area contributed by atoms with Gasteiger partial charge in [0.05, 0.1) is 12.1 Å². The van der Waals surface area contributed by atoms with Crippen LogP contribution in [0.25, 0.3) is 0 Å². The molecular formula is C25H23N3O3. The predicted octanol–water partition coefficient (Wildman–Crippen LogP) is 3.04. The van der Waals surface area contributed by atoms with Gasteiger partial charge in [0.25, 0.3) is 5.91 Å². The number of ether oxygens (including phenoxy) is 1. The van der Waals surface area contributed by atoms with Gasteiger partial charge in [-0.2, -0.15) is 0 Å². The third-order valence-electron chi connectivity index (χ3n) is 6.18. The van der Waals surface area contributed by atoms with E-state index in [2.05, 4.69) is 10.3 Å². The number of pyridine rings is 1. The summed E-state index contributed by atoms with van der Waals surface area (Å²) < 4.78 is 6.00. The maximum Gasteiger partial charge on any atom is 0.254 e. The van der Waals surface area contributed by atoms with E-state index in [1.54, 1.807) is 12.4 Å². The molecule has 31 heavy (non-hydrogen) atoms. The van der Waals surface area contributed by atoms with Crippen molar-refractivity contribution >= 4 is 11.8 Å². The minimum Gasteiger partial charge on any atom is -0.365 e. The Morgan fingerprint density at radius 1 is 1.03 bits per heavy atom. The Kier molecular flexibility index (Phi) is 5.00. The van der Waals surface area contributed by atoms with E-state index in [9.17, 15) is 9.59 Å². The molecule has 6 heteroatoms. The Hall–Kier alpha value is -3.51. The van der Waals surface area contributed by atoms with Crippen molar-refractivity contribution < 1.29 is 14.3 Å². The summed E-state index contributed by atoms with van der Waals surface area (Å²) in [6.07, 6.45) is 3.22. The Morgan fingerprint density at radius 3 is 2.58 bits per heavy atom. The lowest BCUT2D eigenvalue weighted by molar-refractivity contribution is -0.130. The van der Waals surface area contributed by atoms with E-state index < -0.39 is 11.6 Å². The second-order valence-corrected chi connectivity index (χ2v) is 8.02. The zero-order valence-electron chi connectivity index (χ0n) is 17.0. The van der Waals surface area contributed by atoms with E-state index >= 15 is 0 Å². The number of nitrogens with zero attached hydrogens (tertiary/aromatic N) is 2. The number of hydrogen-bond donors (Lipinski definition) is 1. The molecule has 0 unspecified atom stereocenters. The topological polar surface area (TPSA) is 71.5 Å². The van der Waals surface area contributed by atoms with E-state index in [1.165, 1.54) is 0 Å². The van der Waals surface area contributed by atoms with Crippen LogP contribution in [0, 0.1) is 0 Å². The molecule has 3 heterocycles. The Balaban J connectivity index is 1.39. The molecule has 2 atom stereocenters. The Labute approximate surface area is 180 Å². The second kappa shape index (κ2) is 7.96. The van der Waals surface area contributed by atoms with Gasteiger partial charge in [0.1, 0.15) is 6.10 Å². The first-order chi connectivity index (χ1) is 15.2. The van der Waals surface area contributed by atoms with Crippen molar-refractivity contribution in [2.75, 3.05) is 6.61 Å². The summed E-state index contributed by atoms with van der Waals surface area (Å²) in [5.41, 5.74) is 3.16. The number of aromatic nitrogens is 1. The number of fused-ring (bicyclic) bond motifs is 2. The van der Waals surface area contributed by atoms with Gasteiger partial charge >= 0.3 is 0 Å². The van der Waals surface area contributed by atoms with Gasteiger partial charge in [-0.05, 0) is 41.0 Å². The molecule has 2 amide bonds. The molecule has 2 aliphatic heterocycles. The maximum atomic E-state index is 13.4. The monoisotopic (exact) mass is 413 g/mol. The van der Waals surface area contributed by atoms with Crippen molar-refractivity contribution in [2.24, 2.45) is 0 Å². The first-order valence-electron chi connectivity index (χ1n) is 10.4. The van der Waals surface area contributed by atoms with Crippen molar-refractivity contribution in [3.63, 3.8) is 0 Å². The molecule has 3 aromatic rings. The SMILES string of the molecule is O=C(NCc1ccncc1)[C@H]1C[C@@]2(CO1)c1ccccc1CN2C(=O)c1ccccc1. The third kappa shape index (κ3) is 3.49. The first-order valence-corrected chi connectivity index (χ1v) is 10.4. The smallest absolute Gasteiger partial charge is 0.254 e. The molecule has 0 saturated carbocycles. The number of rotatable bonds is 4. The average Bonchev–Trinajstić information content (AvgIpc) is 3.41. The molecule has 6 nitrogen and oxygen atoms in total. The van der Waals surface area contributed by atoms with Crippen LogP contribution in [0.1, 0.15) is 33.5 Å². The Morgan fingerprint density at radius 2 is 1.77 bits per heavy atom. The summed E-state index contributed by atoms with van der Waals surface area (Å²) in [5.74, 6) is -0.205. The largest absolute Gasteiger partial charge is 0.365 e. The highest BCUT2D eigenvalue weighted by atomic mass is 16.5. The van der Waals surface area contributed by atoms with Gasteiger partial charge in [0.15, 0.2) is 0 Å². The predicted molar refractivity (Wildman–Crippen MR) is 115 cm³/mol. The van der Waals surface area contributed by atoms with E-state index in [-0.39, 0.29) is 11.8 Å². The third-order valence-corrected chi connectivity index (χ3v) is 6.18. The summed E-state index contributed by atoms with van der Waals surface area (Å²) in [5, 5.41) is 2.95. The first kappa shape index (κ1) is 19.5. The molecule has 0 radical (unpaired) electrons. The van der Waals surface area contributed by atoms with Crippen molar-refractivity contribution in [3.05, 3.63) is 101 Å². The molecule has 1 spiro atoms. The van der Waals surface area contributed by atoms with Crippen molar-refractivity contribution in [3.8, 4) is 0 Å². The van der Waals surface area contributed by atoms with E-state index in [0.29, 0.717) is 31.7 Å². The molecule has 0 aliphatic carbocycles. The van der Waals surface area contributed by atoms with Crippen LogP contribution in [0.4, 0.5) is 0 Å². The molecule has 1 aromatic heterocycles. The van der Waals surface area contributed by atoms with Gasteiger partial charge in [0.2, 0.25) is 5.91 Å². The van der Waals surface area contributed by atoms with Gasteiger partial charge in [-0.25, -0.2) is 0 Å². The van der Waals surface area contributed by atoms with Crippen LogP contribution in [0.3, 0.4) is 0 Å². The maximum absolute atomic E-state index is 13.4. The van der Waals surface area contributed by atoms with Crippen LogP contribution in [0.5, 0.6) is 0 Å². The lowest BCUT2D eigenvalue weighted by atomic mass is 9.86. The summed E-state index contributed by atoms with van der Waals surface area (Å²) in [4.78, 5) is 32.2. The molecule has 2 aromatic carbocycles. The summed E-state index contributed by atoms with van der Waals surface area (Å²) in [6.45, 7) is 1.23. The quantitative estimate of drug-likeness (QED) is 0.714. The van der Waals surface area contributed by atoms with E-state index in [1.807, 2.05) is 71.6 Å². The fraction of sp³-hybridized carbons (Fsp3) is 0.240. The fourth-order valence-electron chi connectivity index (χ4n) is 4.59. The highest BCUT2D eigenvalue weighted by Crippen LogP contribution is 2.47. The zero-order valence-corrected chi connectivity index (χ0v) is 17.0. The van der Waals surface area contributed by atoms with Crippen LogP contribution < -0.4 is 5.32 Å². The van der Waals surface area contributed by atoms with Crippen LogP contribution in [0.15, 0.2) is 79.1 Å². The fourth-order valence-corrected chi connectivity index (χ4v) is 4.59. The minimum absolute atomic E-state index is 0.0433. The van der Waals surface area contributed by atoms with Gasteiger partial charge in [0, 0.05) is 37.5 Å². The molecule has 156 valence electrons. The van der Waals surface area contributed by atoms with Gasteiger partial charge < -0.3 is 15.0 Å². The van der Waals surface area contributed by atoms with E-state index in [0.717, 1.165) is 16.7 Å². The summed E-state index contributed by atoms with van der Waals surface area (Å²) in [6, 6.07) is 21.1. The molecule has 5 rings (SSSR count). The minimum atomic E-state index is -0.637. The lowest BCUT2D eigenvalue weighted by Crippen LogP contribution is -2.46. The van der Waals surface area contributed by atoms with Gasteiger partial charge in [-0.1, -0.05) is 42.5 Å². The number of amides is 2. The van der Waals surface area contributed by atoms with Crippen molar-refractivity contribution in [1.82, 2.24) is 15.2 Å². The van der Waals surface area contributed by atoms with Gasteiger partial charge in [-0.15, -0.1) is 0 Å². The summed E-state index contributed by atoms with van der Waals surface area (Å²) in [7, 11) is 0. The average molecular weight is 413 g/mol. The van der Waals surface area contributed by atoms with Crippen LogP contribution >= 0.6 is 0 Å². The second-order valence-electron chi connectivity index (χ2n) is 8.02. The number of hydrogen-bond acceptors (Lipinski definition) is 4. The van der Waals surface area contributed by atoms with E-state index in [4.69, 9.17) is 4.74 Å². The Bertz CT molecular complexity index is 1100. The zero-order chi connectivity index (χ0) is 21.3. The highest BCUT2D eigenvalue weighted by molar-refractivity contribution is 5.95. The summed E-state index contributed by atoms with van der Waals surface area (Å²) >= 11 is 0. The number of benzene rings is 2. The lowest BCUT2D eigenvalue weighted by Gasteiger charge is -2.34. The molecule has 2 aliphatic rings. The standard InChI is InChI=1S/C25H23N3O3/c29-23(27-15-18-10-12-26-13-11-18)22-14-25(17-31-22)21-9-5-4-8-20(21)16-28(25)24(30)19-6-2-1-3-7-19/h1-13,22H,14-17H2,(H,27,29)/t22-,25-/m1/s1. The van der Waals surface area contributed by atoms with Crippen LogP contribution in [0.2, 0.25) is 0 Å². The highest BCUT2D eigenvalue weighted by Gasteiger charge is 2.54. The molecular weight excluding hydrogens is 390 g/mol.